The van der Waals surface area contributed by atoms with Crippen LogP contribution in [0.2, 0.25) is 5.02 Å². The van der Waals surface area contributed by atoms with Gasteiger partial charge in [0, 0.05) is 16.1 Å². The summed E-state index contributed by atoms with van der Waals surface area (Å²) in [5.41, 5.74) is 2.73. The molecule has 0 N–H and O–H groups in total. The zero-order chi connectivity index (χ0) is 20.9. The molecular weight excluding hydrogens is 468 g/mol. The van der Waals surface area contributed by atoms with Gasteiger partial charge in [0.05, 0.1) is 18.0 Å². The normalized spacial score (nSPS) is 10.8. The second kappa shape index (κ2) is 9.32. The molecule has 0 bridgehead atoms. The molecule has 0 radical (unpaired) electrons. The van der Waals surface area contributed by atoms with E-state index in [1.165, 1.54) is 0 Å². The zero-order valence-corrected chi connectivity index (χ0v) is 18.5. The van der Waals surface area contributed by atoms with Crippen molar-refractivity contribution in [2.75, 3.05) is 7.11 Å². The summed E-state index contributed by atoms with van der Waals surface area (Å²) in [7, 11) is 1.63. The summed E-state index contributed by atoms with van der Waals surface area (Å²) in [6.07, 6.45) is 0.540. The minimum atomic E-state index is 0.339. The first-order valence-corrected chi connectivity index (χ1v) is 10.4. The van der Waals surface area contributed by atoms with E-state index in [0.717, 1.165) is 32.7 Å². The highest BCUT2D eigenvalue weighted by Gasteiger charge is 2.13. The van der Waals surface area contributed by atoms with Crippen molar-refractivity contribution in [3.8, 4) is 23.0 Å². The molecule has 0 amide bonds. The molecule has 0 saturated heterocycles. The van der Waals surface area contributed by atoms with Gasteiger partial charge in [-0.15, -0.1) is 10.2 Å². The Morgan fingerprint density at radius 1 is 0.967 bits per heavy atom. The third-order valence-corrected chi connectivity index (χ3v) is 5.39. The monoisotopic (exact) mass is 484 g/mol. The summed E-state index contributed by atoms with van der Waals surface area (Å²) in [5, 5.41) is 9.06. The van der Waals surface area contributed by atoms with Crippen LogP contribution < -0.4 is 9.47 Å². The van der Waals surface area contributed by atoms with Gasteiger partial charge >= 0.3 is 0 Å². The van der Waals surface area contributed by atoms with E-state index in [1.54, 1.807) is 7.11 Å². The Balaban J connectivity index is 1.53. The third-order valence-electron chi connectivity index (χ3n) is 4.48. The Kier molecular flexibility index (Phi) is 6.35. The lowest BCUT2D eigenvalue weighted by Gasteiger charge is -2.12. The van der Waals surface area contributed by atoms with E-state index in [1.807, 2.05) is 66.7 Å². The highest BCUT2D eigenvalue weighted by atomic mass is 79.9. The molecule has 30 heavy (non-hydrogen) atoms. The van der Waals surface area contributed by atoms with Crippen molar-refractivity contribution < 1.29 is 13.9 Å². The van der Waals surface area contributed by atoms with Crippen molar-refractivity contribution >= 4 is 27.5 Å². The summed E-state index contributed by atoms with van der Waals surface area (Å²) in [6, 6.07) is 21.0. The summed E-state index contributed by atoms with van der Waals surface area (Å²) in [4.78, 5) is 0. The van der Waals surface area contributed by atoms with E-state index in [9.17, 15) is 0 Å². The van der Waals surface area contributed by atoms with E-state index in [-0.39, 0.29) is 0 Å². The minimum Gasteiger partial charge on any atom is -0.496 e. The Bertz CT molecular complexity index is 1150. The van der Waals surface area contributed by atoms with Gasteiger partial charge in [-0.3, -0.25) is 0 Å². The second-order valence-corrected chi connectivity index (χ2v) is 7.84. The molecule has 4 rings (SSSR count). The fourth-order valence-electron chi connectivity index (χ4n) is 2.96. The Morgan fingerprint density at radius 3 is 2.53 bits per heavy atom. The van der Waals surface area contributed by atoms with Crippen LogP contribution in [-0.2, 0) is 13.0 Å². The number of benzene rings is 3. The molecule has 0 aliphatic carbocycles. The van der Waals surface area contributed by atoms with Crippen molar-refractivity contribution in [3.63, 3.8) is 0 Å². The molecule has 152 valence electrons. The van der Waals surface area contributed by atoms with Crippen molar-refractivity contribution in [3.05, 3.63) is 93.2 Å². The molecule has 0 atom stereocenters. The van der Waals surface area contributed by atoms with Gasteiger partial charge < -0.3 is 13.9 Å². The molecule has 7 heteroatoms. The standard InChI is InChI=1S/C23H18BrClN2O3/c1-28-20-11-8-16(13-17(20)14-29-21-5-3-2-4-19(21)24)23-27-26-22(30-23)12-15-6-9-18(25)10-7-15/h2-11,13H,12,14H2,1H3. The van der Waals surface area contributed by atoms with Crippen LogP contribution in [0.15, 0.2) is 75.6 Å². The van der Waals surface area contributed by atoms with Gasteiger partial charge in [-0.2, -0.15) is 0 Å². The van der Waals surface area contributed by atoms with Gasteiger partial charge in [-0.05, 0) is 64.0 Å². The molecule has 0 saturated carbocycles. The number of para-hydroxylation sites is 1. The van der Waals surface area contributed by atoms with Crippen molar-refractivity contribution in [1.82, 2.24) is 10.2 Å². The summed E-state index contributed by atoms with van der Waals surface area (Å²) >= 11 is 9.43. The van der Waals surface area contributed by atoms with Crippen molar-refractivity contribution in [2.45, 2.75) is 13.0 Å². The molecule has 0 spiro atoms. The van der Waals surface area contributed by atoms with Gasteiger partial charge in [-0.1, -0.05) is 35.9 Å². The first-order valence-electron chi connectivity index (χ1n) is 9.24. The number of ether oxygens (including phenoxy) is 2. The molecule has 3 aromatic carbocycles. The number of hydrogen-bond donors (Lipinski definition) is 0. The topological polar surface area (TPSA) is 57.4 Å². The highest BCUT2D eigenvalue weighted by Crippen LogP contribution is 2.29. The average Bonchev–Trinajstić information content (AvgIpc) is 3.23. The largest absolute Gasteiger partial charge is 0.496 e. The quantitative estimate of drug-likeness (QED) is 0.306. The molecule has 0 aliphatic heterocycles. The van der Waals surface area contributed by atoms with E-state index >= 15 is 0 Å². The predicted molar refractivity (Wildman–Crippen MR) is 119 cm³/mol. The minimum absolute atomic E-state index is 0.339. The lowest BCUT2D eigenvalue weighted by Crippen LogP contribution is -1.99. The number of rotatable bonds is 7. The van der Waals surface area contributed by atoms with Crippen LogP contribution in [0.3, 0.4) is 0 Å². The Labute approximate surface area is 187 Å². The maximum atomic E-state index is 5.95. The first kappa shape index (κ1) is 20.4. The van der Waals surface area contributed by atoms with Crippen LogP contribution >= 0.6 is 27.5 Å². The molecule has 0 unspecified atom stereocenters. The van der Waals surface area contributed by atoms with Gasteiger partial charge in [0.1, 0.15) is 18.1 Å². The zero-order valence-electron chi connectivity index (χ0n) is 16.1. The summed E-state index contributed by atoms with van der Waals surface area (Å²) < 4.78 is 18.2. The summed E-state index contributed by atoms with van der Waals surface area (Å²) in [6.45, 7) is 0.339. The summed E-state index contributed by atoms with van der Waals surface area (Å²) in [5.74, 6) is 2.47. The Morgan fingerprint density at radius 2 is 1.77 bits per heavy atom. The number of halogens is 2. The van der Waals surface area contributed by atoms with E-state index < -0.39 is 0 Å². The van der Waals surface area contributed by atoms with Crippen LogP contribution in [-0.4, -0.2) is 17.3 Å². The molecule has 4 aromatic rings. The van der Waals surface area contributed by atoms with E-state index in [2.05, 4.69) is 26.1 Å². The lowest BCUT2D eigenvalue weighted by molar-refractivity contribution is 0.295. The van der Waals surface area contributed by atoms with Crippen LogP contribution in [0.1, 0.15) is 17.0 Å². The van der Waals surface area contributed by atoms with Crippen molar-refractivity contribution in [2.24, 2.45) is 0 Å². The van der Waals surface area contributed by atoms with Gasteiger partial charge in [0.2, 0.25) is 11.8 Å². The van der Waals surface area contributed by atoms with E-state index in [0.29, 0.717) is 29.8 Å². The van der Waals surface area contributed by atoms with Crippen molar-refractivity contribution in [1.29, 1.82) is 0 Å². The number of methoxy groups -OCH3 is 1. The van der Waals surface area contributed by atoms with Gasteiger partial charge in [-0.25, -0.2) is 0 Å². The molecule has 5 nitrogen and oxygen atoms in total. The van der Waals surface area contributed by atoms with Crippen LogP contribution in [0, 0.1) is 0 Å². The average molecular weight is 486 g/mol. The number of nitrogens with zero attached hydrogens (tertiary/aromatic N) is 2. The Hall–Kier alpha value is -2.83. The molecule has 1 heterocycles. The van der Waals surface area contributed by atoms with Crippen LogP contribution in [0.5, 0.6) is 11.5 Å². The van der Waals surface area contributed by atoms with Gasteiger partial charge in [0.25, 0.3) is 0 Å². The molecular formula is C23H18BrClN2O3. The maximum absolute atomic E-state index is 5.95. The smallest absolute Gasteiger partial charge is 0.247 e. The highest BCUT2D eigenvalue weighted by molar-refractivity contribution is 9.10. The molecule has 1 aromatic heterocycles. The molecule has 0 aliphatic rings. The fourth-order valence-corrected chi connectivity index (χ4v) is 3.49. The predicted octanol–water partition coefficient (Wildman–Crippen LogP) is 6.33. The van der Waals surface area contributed by atoms with Gasteiger partial charge in [0.15, 0.2) is 0 Å². The first-order chi connectivity index (χ1) is 14.6. The number of hydrogen-bond acceptors (Lipinski definition) is 5. The number of aromatic nitrogens is 2. The molecule has 0 fully saturated rings. The van der Waals surface area contributed by atoms with E-state index in [4.69, 9.17) is 25.5 Å². The lowest BCUT2D eigenvalue weighted by atomic mass is 10.1. The van der Waals surface area contributed by atoms with Crippen LogP contribution in [0.4, 0.5) is 0 Å². The fraction of sp³-hybridized carbons (Fsp3) is 0.130. The SMILES string of the molecule is COc1ccc(-c2nnc(Cc3ccc(Cl)cc3)o2)cc1COc1ccccc1Br. The third kappa shape index (κ3) is 4.83. The second-order valence-electron chi connectivity index (χ2n) is 6.55. The maximum Gasteiger partial charge on any atom is 0.247 e. The van der Waals surface area contributed by atoms with Crippen LogP contribution in [0.25, 0.3) is 11.5 Å².